The fourth-order valence-corrected chi connectivity index (χ4v) is 5.60. The number of aromatic nitrogens is 3. The minimum Gasteiger partial charge on any atom is -0.493 e. The summed E-state index contributed by atoms with van der Waals surface area (Å²) in [7, 11) is 3.22. The standard InChI is InChI=1S/C29H35ClN4O4/c1-17(2)28-31-32-29-24(16-25(35)33-13-11-18(3)12-14-33)38-26(20-7-6-8-23(36-4)27(20)37-5)21-15-19(30)9-10-22(21)34(28)29/h6-10,15,17-18,24,26H,11-14,16H2,1-5H3. The van der Waals surface area contributed by atoms with E-state index in [2.05, 4.69) is 31.0 Å². The molecule has 3 aromatic rings. The van der Waals surface area contributed by atoms with Gasteiger partial charge in [0.1, 0.15) is 18.0 Å². The van der Waals surface area contributed by atoms with Crippen molar-refractivity contribution in [2.45, 2.75) is 58.2 Å². The molecule has 2 aliphatic rings. The van der Waals surface area contributed by atoms with Gasteiger partial charge in [0.2, 0.25) is 5.91 Å². The number of nitrogens with zero attached hydrogens (tertiary/aromatic N) is 4. The van der Waals surface area contributed by atoms with Crippen LogP contribution in [-0.4, -0.2) is 52.9 Å². The molecule has 1 saturated heterocycles. The van der Waals surface area contributed by atoms with E-state index in [1.54, 1.807) is 14.2 Å². The van der Waals surface area contributed by atoms with E-state index >= 15 is 0 Å². The summed E-state index contributed by atoms with van der Waals surface area (Å²) in [5.74, 6) is 3.37. The molecule has 202 valence electrons. The molecular formula is C29H35ClN4O4. The highest BCUT2D eigenvalue weighted by Gasteiger charge is 2.38. The smallest absolute Gasteiger partial charge is 0.225 e. The average molecular weight is 539 g/mol. The molecule has 1 aromatic heterocycles. The second kappa shape index (κ2) is 10.9. The lowest BCUT2D eigenvalue weighted by atomic mass is 9.98. The quantitative estimate of drug-likeness (QED) is 0.390. The van der Waals surface area contributed by atoms with Crippen molar-refractivity contribution in [1.29, 1.82) is 0 Å². The SMILES string of the molecule is COc1cccc(C2OC(CC(=O)N3CCC(C)CC3)c3nnc(C(C)C)n3-c3ccc(Cl)cc32)c1OC. The van der Waals surface area contributed by atoms with Gasteiger partial charge in [0.05, 0.1) is 26.3 Å². The van der Waals surface area contributed by atoms with Crippen molar-refractivity contribution in [3.63, 3.8) is 0 Å². The van der Waals surface area contributed by atoms with Gasteiger partial charge in [-0.3, -0.25) is 9.36 Å². The number of halogens is 1. The van der Waals surface area contributed by atoms with E-state index in [9.17, 15) is 4.79 Å². The molecule has 8 nitrogen and oxygen atoms in total. The van der Waals surface area contributed by atoms with Crippen LogP contribution in [0, 0.1) is 5.92 Å². The Labute approximate surface area is 228 Å². The summed E-state index contributed by atoms with van der Waals surface area (Å²) in [4.78, 5) is 15.5. The summed E-state index contributed by atoms with van der Waals surface area (Å²) < 4.78 is 20.3. The van der Waals surface area contributed by atoms with Gasteiger partial charge in [0.15, 0.2) is 17.3 Å². The van der Waals surface area contributed by atoms with Gasteiger partial charge in [-0.15, -0.1) is 10.2 Å². The molecule has 2 unspecified atom stereocenters. The zero-order chi connectivity index (χ0) is 27.0. The Kier molecular flexibility index (Phi) is 7.63. The van der Waals surface area contributed by atoms with Crippen LogP contribution in [0.5, 0.6) is 11.5 Å². The van der Waals surface area contributed by atoms with Crippen LogP contribution in [0.25, 0.3) is 5.69 Å². The monoisotopic (exact) mass is 538 g/mol. The minimum atomic E-state index is -0.631. The molecule has 38 heavy (non-hydrogen) atoms. The van der Waals surface area contributed by atoms with Gasteiger partial charge in [-0.1, -0.05) is 44.5 Å². The first kappa shape index (κ1) is 26.5. The Hall–Kier alpha value is -3.10. The van der Waals surface area contributed by atoms with Gasteiger partial charge in [-0.25, -0.2) is 0 Å². The van der Waals surface area contributed by atoms with E-state index in [1.165, 1.54) is 0 Å². The number of rotatable bonds is 6. The number of hydrogen-bond acceptors (Lipinski definition) is 6. The molecule has 1 amide bonds. The van der Waals surface area contributed by atoms with Crippen LogP contribution in [0.4, 0.5) is 0 Å². The molecule has 0 spiro atoms. The lowest BCUT2D eigenvalue weighted by molar-refractivity contribution is -0.136. The molecule has 2 aromatic carbocycles. The van der Waals surface area contributed by atoms with Crippen LogP contribution in [-0.2, 0) is 9.53 Å². The Morgan fingerprint density at radius 2 is 1.87 bits per heavy atom. The highest BCUT2D eigenvalue weighted by molar-refractivity contribution is 6.30. The summed E-state index contributed by atoms with van der Waals surface area (Å²) in [6.45, 7) is 7.92. The minimum absolute atomic E-state index is 0.0582. The molecule has 0 radical (unpaired) electrons. The maximum absolute atomic E-state index is 13.6. The number of amides is 1. The number of carbonyl (C=O) groups excluding carboxylic acids is 1. The number of carbonyl (C=O) groups is 1. The van der Waals surface area contributed by atoms with Crippen molar-refractivity contribution in [3.8, 4) is 17.2 Å². The van der Waals surface area contributed by atoms with Gasteiger partial charge in [-0.05, 0) is 43.0 Å². The van der Waals surface area contributed by atoms with Crippen molar-refractivity contribution in [2.24, 2.45) is 5.92 Å². The van der Waals surface area contributed by atoms with Crippen molar-refractivity contribution < 1.29 is 19.0 Å². The first-order valence-corrected chi connectivity index (χ1v) is 13.6. The van der Waals surface area contributed by atoms with Gasteiger partial charge in [0, 0.05) is 35.2 Å². The predicted molar refractivity (Wildman–Crippen MR) is 145 cm³/mol. The molecule has 3 heterocycles. The van der Waals surface area contributed by atoms with Crippen LogP contribution < -0.4 is 9.47 Å². The summed E-state index contributed by atoms with van der Waals surface area (Å²) in [6.07, 6.45) is 0.968. The third-order valence-electron chi connectivity index (χ3n) is 7.54. The lowest BCUT2D eigenvalue weighted by Crippen LogP contribution is -2.38. The largest absolute Gasteiger partial charge is 0.493 e. The van der Waals surface area contributed by atoms with Crippen molar-refractivity contribution in [2.75, 3.05) is 27.3 Å². The van der Waals surface area contributed by atoms with Gasteiger partial charge in [-0.2, -0.15) is 0 Å². The Morgan fingerprint density at radius 3 is 2.55 bits per heavy atom. The molecule has 2 aliphatic heterocycles. The fourth-order valence-electron chi connectivity index (χ4n) is 5.42. The number of likely N-dealkylation sites (tertiary alicyclic amines) is 1. The summed E-state index contributed by atoms with van der Waals surface area (Å²) >= 11 is 6.54. The number of benzene rings is 2. The molecule has 0 bridgehead atoms. The molecular weight excluding hydrogens is 504 g/mol. The topological polar surface area (TPSA) is 78.7 Å². The number of piperidine rings is 1. The number of hydrogen-bond donors (Lipinski definition) is 0. The van der Waals surface area contributed by atoms with Crippen LogP contribution >= 0.6 is 11.6 Å². The Bertz CT molecular complexity index is 1320. The Balaban J connectivity index is 1.65. The molecule has 2 atom stereocenters. The lowest BCUT2D eigenvalue weighted by Gasteiger charge is -2.31. The zero-order valence-corrected chi connectivity index (χ0v) is 23.4. The second-order valence-electron chi connectivity index (χ2n) is 10.5. The normalized spacial score (nSPS) is 19.6. The molecule has 9 heteroatoms. The predicted octanol–water partition coefficient (Wildman–Crippen LogP) is 5.87. The van der Waals surface area contributed by atoms with E-state index in [1.807, 2.05) is 45.9 Å². The molecule has 1 fully saturated rings. The van der Waals surface area contributed by atoms with Crippen LogP contribution in [0.1, 0.15) is 80.9 Å². The number of ether oxygens (including phenoxy) is 3. The van der Waals surface area contributed by atoms with Crippen molar-refractivity contribution in [1.82, 2.24) is 19.7 Å². The highest BCUT2D eigenvalue weighted by atomic mass is 35.5. The summed E-state index contributed by atoms with van der Waals surface area (Å²) in [6, 6.07) is 11.4. The van der Waals surface area contributed by atoms with E-state index in [0.717, 1.165) is 48.6 Å². The summed E-state index contributed by atoms with van der Waals surface area (Å²) in [5.41, 5.74) is 2.49. The Morgan fingerprint density at radius 1 is 1.11 bits per heavy atom. The van der Waals surface area contributed by atoms with Crippen molar-refractivity contribution in [3.05, 3.63) is 64.2 Å². The number of fused-ring (bicyclic) bond motifs is 3. The van der Waals surface area contributed by atoms with E-state index in [4.69, 9.17) is 25.8 Å². The third-order valence-corrected chi connectivity index (χ3v) is 7.78. The second-order valence-corrected chi connectivity index (χ2v) is 10.9. The van der Waals surface area contributed by atoms with Crippen molar-refractivity contribution >= 4 is 17.5 Å². The number of para-hydroxylation sites is 1. The van der Waals surface area contributed by atoms with Gasteiger partial charge < -0.3 is 19.1 Å². The fraction of sp³-hybridized carbons (Fsp3) is 0.483. The van der Waals surface area contributed by atoms with Gasteiger partial charge in [0.25, 0.3) is 0 Å². The molecule has 0 N–H and O–H groups in total. The van der Waals surface area contributed by atoms with Crippen LogP contribution in [0.3, 0.4) is 0 Å². The van der Waals surface area contributed by atoms with E-state index in [0.29, 0.717) is 28.3 Å². The highest BCUT2D eigenvalue weighted by Crippen LogP contribution is 2.46. The maximum Gasteiger partial charge on any atom is 0.225 e. The first-order valence-electron chi connectivity index (χ1n) is 13.2. The molecule has 0 aliphatic carbocycles. The molecule has 5 rings (SSSR count). The van der Waals surface area contributed by atoms with E-state index < -0.39 is 12.2 Å². The van der Waals surface area contributed by atoms with Crippen LogP contribution in [0.2, 0.25) is 5.02 Å². The molecule has 0 saturated carbocycles. The van der Waals surface area contributed by atoms with Gasteiger partial charge >= 0.3 is 0 Å². The van der Waals surface area contributed by atoms with E-state index in [-0.39, 0.29) is 18.2 Å². The summed E-state index contributed by atoms with van der Waals surface area (Å²) in [5, 5.41) is 9.69. The van der Waals surface area contributed by atoms with Crippen LogP contribution in [0.15, 0.2) is 36.4 Å². The average Bonchev–Trinajstić information content (AvgIpc) is 3.31. The zero-order valence-electron chi connectivity index (χ0n) is 22.6. The number of methoxy groups -OCH3 is 2. The third kappa shape index (κ3) is 4.87. The first-order chi connectivity index (χ1) is 18.3. The maximum atomic E-state index is 13.6.